The highest BCUT2D eigenvalue weighted by Gasteiger charge is 2.29. The fourth-order valence-electron chi connectivity index (χ4n) is 4.85. The van der Waals surface area contributed by atoms with E-state index in [1.165, 1.54) is 17.8 Å². The van der Waals surface area contributed by atoms with Crippen molar-refractivity contribution in [2.45, 2.75) is 39.3 Å². The molecule has 1 aliphatic carbocycles. The zero-order valence-corrected chi connectivity index (χ0v) is 27.0. The highest BCUT2D eigenvalue weighted by molar-refractivity contribution is 8.14. The Hall–Kier alpha value is -3.72. The van der Waals surface area contributed by atoms with Crippen molar-refractivity contribution >= 4 is 55.9 Å². The van der Waals surface area contributed by atoms with Gasteiger partial charge in [-0.3, -0.25) is 19.4 Å². The van der Waals surface area contributed by atoms with Crippen LogP contribution < -0.4 is 25.2 Å². The van der Waals surface area contributed by atoms with Gasteiger partial charge in [0, 0.05) is 48.7 Å². The van der Waals surface area contributed by atoms with Gasteiger partial charge in [0.2, 0.25) is 15.9 Å². The van der Waals surface area contributed by atoms with Crippen LogP contribution in [0.25, 0.3) is 0 Å². The number of thioether (sulfide) groups is 1. The number of alkyl halides is 2. The van der Waals surface area contributed by atoms with Crippen molar-refractivity contribution in [1.29, 1.82) is 0 Å². The second-order valence-corrected chi connectivity index (χ2v) is 14.0. The molecule has 4 rings (SSSR count). The Labute approximate surface area is 266 Å². The fourth-order valence-corrected chi connectivity index (χ4v) is 6.40. The average molecular weight is 665 g/mol. The van der Waals surface area contributed by atoms with Gasteiger partial charge in [-0.2, -0.15) is 8.78 Å². The molecule has 2 aromatic rings. The molecule has 0 unspecified atom stereocenters. The molecule has 3 N–H and O–H groups in total. The van der Waals surface area contributed by atoms with Crippen LogP contribution in [0.5, 0.6) is 0 Å². The van der Waals surface area contributed by atoms with E-state index in [1.54, 1.807) is 6.92 Å². The number of benzene rings is 2. The minimum atomic E-state index is -4.46. The van der Waals surface area contributed by atoms with Crippen LogP contribution in [-0.4, -0.2) is 88.5 Å². The number of rotatable bonds is 15. The van der Waals surface area contributed by atoms with Crippen molar-refractivity contribution in [3.63, 3.8) is 0 Å². The summed E-state index contributed by atoms with van der Waals surface area (Å²) in [4.78, 5) is 45.4. The Morgan fingerprint density at radius 1 is 1.04 bits per heavy atom. The molecule has 0 bridgehead atoms. The Bertz CT molecular complexity index is 1550. The normalized spacial score (nSPS) is 15.3. The molecule has 1 fully saturated rings. The van der Waals surface area contributed by atoms with Crippen molar-refractivity contribution in [3.05, 3.63) is 59.2 Å². The average Bonchev–Trinajstić information content (AvgIpc) is 3.67. The van der Waals surface area contributed by atoms with Crippen LogP contribution in [-0.2, 0) is 14.8 Å². The highest BCUT2D eigenvalue weighted by Crippen LogP contribution is 2.28. The largest absolute Gasteiger partial charge is 0.358 e. The maximum Gasteiger partial charge on any atom is 0.327 e. The van der Waals surface area contributed by atoms with Crippen LogP contribution in [0.15, 0.2) is 47.5 Å². The molecule has 0 spiro atoms. The third-order valence-electron chi connectivity index (χ3n) is 7.45. The number of carbonyl (C=O) groups is 3. The van der Waals surface area contributed by atoms with E-state index in [0.717, 1.165) is 42.0 Å². The van der Waals surface area contributed by atoms with Gasteiger partial charge >= 0.3 is 6.55 Å². The Morgan fingerprint density at radius 3 is 2.29 bits per heavy atom. The lowest BCUT2D eigenvalue weighted by molar-refractivity contribution is -0.122. The fraction of sp³-hybridized carbons (Fsp3) is 0.467. The molecule has 1 saturated carbocycles. The zero-order valence-electron chi connectivity index (χ0n) is 25.4. The van der Waals surface area contributed by atoms with Crippen molar-refractivity contribution in [3.8, 4) is 0 Å². The quantitative estimate of drug-likeness (QED) is 0.249. The van der Waals surface area contributed by atoms with Crippen LogP contribution in [0.2, 0.25) is 0 Å². The first-order chi connectivity index (χ1) is 21.3. The minimum absolute atomic E-state index is 0.0564. The molecule has 1 aliphatic heterocycles. The molecule has 244 valence electrons. The van der Waals surface area contributed by atoms with Crippen LogP contribution in [0.4, 0.5) is 20.2 Å². The molecule has 1 atom stereocenters. The summed E-state index contributed by atoms with van der Waals surface area (Å²) in [5.41, 5.74) is 0.868. The second-order valence-electron chi connectivity index (χ2n) is 11.0. The van der Waals surface area contributed by atoms with E-state index in [-0.39, 0.29) is 41.0 Å². The molecule has 2 aromatic carbocycles. The van der Waals surface area contributed by atoms with Gasteiger partial charge < -0.3 is 20.9 Å². The lowest BCUT2D eigenvalue weighted by Gasteiger charge is -2.32. The Kier molecular flexibility index (Phi) is 11.4. The van der Waals surface area contributed by atoms with Crippen LogP contribution in [0, 0.1) is 12.8 Å². The van der Waals surface area contributed by atoms with Gasteiger partial charge in [-0.15, -0.1) is 11.8 Å². The van der Waals surface area contributed by atoms with E-state index < -0.39 is 40.1 Å². The molecule has 2 aliphatic rings. The van der Waals surface area contributed by atoms with Crippen molar-refractivity contribution < 1.29 is 31.6 Å². The summed E-state index contributed by atoms with van der Waals surface area (Å²) in [6, 6.07) is 10.2. The van der Waals surface area contributed by atoms with Crippen molar-refractivity contribution in [2.24, 2.45) is 10.9 Å². The molecule has 0 aromatic heterocycles. The zero-order chi connectivity index (χ0) is 32.7. The van der Waals surface area contributed by atoms with Gasteiger partial charge in [0.15, 0.2) is 0 Å². The number of hydrogen-bond acceptors (Lipinski definition) is 8. The number of anilines is 2. The lowest BCUT2D eigenvalue weighted by atomic mass is 10.1. The van der Waals surface area contributed by atoms with E-state index in [0.29, 0.717) is 30.3 Å². The summed E-state index contributed by atoms with van der Waals surface area (Å²) in [5.74, 6) is -0.238. The summed E-state index contributed by atoms with van der Waals surface area (Å²) in [6.45, 7) is 1.89. The van der Waals surface area contributed by atoms with Gasteiger partial charge in [-0.05, 0) is 62.4 Å². The molecule has 3 amide bonds. The van der Waals surface area contributed by atoms with Gasteiger partial charge in [-0.25, -0.2) is 12.7 Å². The highest BCUT2D eigenvalue weighted by atomic mass is 32.2. The topological polar surface area (TPSA) is 140 Å². The molecule has 15 heteroatoms. The van der Waals surface area contributed by atoms with Gasteiger partial charge in [0.25, 0.3) is 11.8 Å². The van der Waals surface area contributed by atoms with E-state index >= 15 is 0 Å². The van der Waals surface area contributed by atoms with Crippen molar-refractivity contribution in [1.82, 2.24) is 16.0 Å². The molecule has 1 heterocycles. The standard InChI is InChI=1S/C30H38F2N6O5S2/c1-19-6-4-5-7-25(19)37(20(2)27(39)35-17-21-8-9-21)12-10-34-28(40)22-14-23(29(41)36-18-26-33-11-13-44-26)16-24(15-22)38(30(31)32)45(3,42)43/h4-7,14-16,20-21,30H,8-13,17-18H2,1-3H3,(H,34,40)(H,35,39)(H,36,41)/t20-/m0/s1. The SMILES string of the molecule is Cc1ccccc1N(CCNC(=O)c1cc(C(=O)NCC2=NCCS2)cc(N(C(F)F)S(C)(=O)=O)c1)[C@@H](C)C(=O)NCC1CC1. The molecule has 45 heavy (non-hydrogen) atoms. The number of aliphatic imine (C=N–C) groups is 1. The molecule has 11 nitrogen and oxygen atoms in total. The molecular weight excluding hydrogens is 626 g/mol. The molecular formula is C30H38F2N6O5S2. The number of carbonyl (C=O) groups excluding carboxylic acids is 3. The predicted molar refractivity (Wildman–Crippen MR) is 173 cm³/mol. The number of para-hydroxylation sites is 1. The van der Waals surface area contributed by atoms with Crippen LogP contribution >= 0.6 is 11.8 Å². The third-order valence-corrected chi connectivity index (χ3v) is 9.53. The predicted octanol–water partition coefficient (Wildman–Crippen LogP) is 3.01. The smallest absolute Gasteiger partial charge is 0.327 e. The molecule has 0 saturated heterocycles. The first-order valence-corrected chi connectivity index (χ1v) is 17.4. The Morgan fingerprint density at radius 2 is 1.71 bits per heavy atom. The van der Waals surface area contributed by atoms with E-state index in [9.17, 15) is 31.6 Å². The monoisotopic (exact) mass is 664 g/mol. The maximum atomic E-state index is 13.9. The summed E-state index contributed by atoms with van der Waals surface area (Å²) < 4.78 is 52.2. The number of halogens is 2. The number of amides is 3. The summed E-state index contributed by atoms with van der Waals surface area (Å²) in [7, 11) is -4.46. The van der Waals surface area contributed by atoms with E-state index in [4.69, 9.17) is 0 Å². The number of sulfonamides is 1. The Balaban J connectivity index is 1.54. The molecule has 0 radical (unpaired) electrons. The van der Waals surface area contributed by atoms with Gasteiger partial charge in [-0.1, -0.05) is 18.2 Å². The lowest BCUT2D eigenvalue weighted by Crippen LogP contribution is -2.48. The van der Waals surface area contributed by atoms with Crippen LogP contribution in [0.3, 0.4) is 0 Å². The van der Waals surface area contributed by atoms with E-state index in [1.807, 2.05) is 36.1 Å². The van der Waals surface area contributed by atoms with E-state index in [2.05, 4.69) is 20.9 Å². The van der Waals surface area contributed by atoms with Crippen molar-refractivity contribution in [2.75, 3.05) is 53.9 Å². The number of aryl methyl sites for hydroxylation is 1. The first kappa shape index (κ1) is 34.2. The summed E-state index contributed by atoms with van der Waals surface area (Å²) in [6.07, 6.45) is 2.81. The number of nitrogens with zero attached hydrogens (tertiary/aromatic N) is 3. The number of nitrogens with one attached hydrogen (secondary N) is 3. The van der Waals surface area contributed by atoms with Gasteiger partial charge in [0.1, 0.15) is 6.04 Å². The van der Waals surface area contributed by atoms with Crippen LogP contribution in [0.1, 0.15) is 46.0 Å². The summed E-state index contributed by atoms with van der Waals surface area (Å²) in [5, 5.41) is 9.07. The number of hydrogen-bond donors (Lipinski definition) is 3. The first-order valence-electron chi connectivity index (χ1n) is 14.6. The maximum absolute atomic E-state index is 13.9. The van der Waals surface area contributed by atoms with Gasteiger partial charge in [0.05, 0.1) is 23.5 Å². The second kappa shape index (κ2) is 15.0. The third kappa shape index (κ3) is 9.39. The summed E-state index contributed by atoms with van der Waals surface area (Å²) >= 11 is 1.48. The minimum Gasteiger partial charge on any atom is -0.358 e.